The number of alkyl halides is 1. The van der Waals surface area contributed by atoms with Crippen molar-refractivity contribution in [3.8, 4) is 5.75 Å². The van der Waals surface area contributed by atoms with Gasteiger partial charge in [0, 0.05) is 5.92 Å². The highest BCUT2D eigenvalue weighted by molar-refractivity contribution is 6.21. The monoisotopic (exact) mass is 292 g/mol. The van der Waals surface area contributed by atoms with Gasteiger partial charge < -0.3 is 4.74 Å². The predicted molar refractivity (Wildman–Crippen MR) is 81.0 cm³/mol. The Morgan fingerprint density at radius 3 is 2.35 bits per heavy atom. The lowest BCUT2D eigenvalue weighted by atomic mass is 9.89. The molecule has 0 saturated heterocycles. The molecule has 0 heterocycles. The number of halogens is 2. The summed E-state index contributed by atoms with van der Waals surface area (Å²) >= 11 is 6.57. The molecule has 0 amide bonds. The fourth-order valence-corrected chi connectivity index (χ4v) is 2.86. The first-order valence-electron chi connectivity index (χ1n) is 6.69. The Kier molecular flexibility index (Phi) is 5.02. The van der Waals surface area contributed by atoms with Gasteiger partial charge in [-0.15, -0.1) is 11.6 Å². The maximum atomic E-state index is 13.8. The van der Waals surface area contributed by atoms with Crippen LogP contribution in [-0.4, -0.2) is 7.11 Å². The molecule has 2 atom stereocenters. The minimum absolute atomic E-state index is 0.158. The Balaban J connectivity index is 2.29. The van der Waals surface area contributed by atoms with E-state index in [9.17, 15) is 4.39 Å². The smallest absolute Gasteiger partial charge is 0.165 e. The largest absolute Gasteiger partial charge is 0.494 e. The zero-order valence-electron chi connectivity index (χ0n) is 11.6. The minimum Gasteiger partial charge on any atom is -0.494 e. The average molecular weight is 293 g/mol. The van der Waals surface area contributed by atoms with Gasteiger partial charge in [-0.3, -0.25) is 0 Å². The van der Waals surface area contributed by atoms with Crippen molar-refractivity contribution in [2.24, 2.45) is 0 Å². The van der Waals surface area contributed by atoms with Crippen molar-refractivity contribution in [2.75, 3.05) is 7.11 Å². The molecule has 106 valence electrons. The zero-order chi connectivity index (χ0) is 14.5. The molecule has 0 aromatic heterocycles. The van der Waals surface area contributed by atoms with Crippen LogP contribution >= 0.6 is 11.6 Å². The topological polar surface area (TPSA) is 9.23 Å². The highest BCUT2D eigenvalue weighted by Gasteiger charge is 2.22. The second-order valence-corrected chi connectivity index (χ2v) is 5.19. The van der Waals surface area contributed by atoms with Gasteiger partial charge in [-0.1, -0.05) is 43.3 Å². The standard InChI is InChI=1S/C17H18ClFO/c1-3-14(12-7-5-4-6-8-12)17(18)13-9-10-16(20-2)15(19)11-13/h4-11,14,17H,3H2,1-2H3. The van der Waals surface area contributed by atoms with Crippen molar-refractivity contribution in [3.05, 3.63) is 65.5 Å². The molecular weight excluding hydrogens is 275 g/mol. The van der Waals surface area contributed by atoms with Crippen LogP contribution in [0, 0.1) is 5.82 Å². The van der Waals surface area contributed by atoms with E-state index in [1.807, 2.05) is 24.3 Å². The van der Waals surface area contributed by atoms with E-state index in [1.54, 1.807) is 6.07 Å². The van der Waals surface area contributed by atoms with Crippen molar-refractivity contribution in [1.29, 1.82) is 0 Å². The molecule has 0 spiro atoms. The van der Waals surface area contributed by atoms with E-state index in [0.29, 0.717) is 0 Å². The lowest BCUT2D eigenvalue weighted by Gasteiger charge is -2.22. The Bertz CT molecular complexity index is 556. The molecule has 3 heteroatoms. The summed E-state index contributed by atoms with van der Waals surface area (Å²) in [7, 11) is 1.45. The van der Waals surface area contributed by atoms with E-state index in [1.165, 1.54) is 18.7 Å². The first-order chi connectivity index (χ1) is 9.67. The Morgan fingerprint density at radius 2 is 1.80 bits per heavy atom. The summed E-state index contributed by atoms with van der Waals surface area (Å²) in [4.78, 5) is 0. The second kappa shape index (κ2) is 6.76. The summed E-state index contributed by atoms with van der Waals surface area (Å²) < 4.78 is 18.7. The lowest BCUT2D eigenvalue weighted by Crippen LogP contribution is -2.06. The maximum absolute atomic E-state index is 13.8. The number of hydrogen-bond donors (Lipinski definition) is 0. The quantitative estimate of drug-likeness (QED) is 0.679. The molecule has 0 aliphatic carbocycles. The Labute approximate surface area is 124 Å². The fourth-order valence-electron chi connectivity index (χ4n) is 2.40. The molecule has 2 aromatic carbocycles. The molecule has 0 N–H and O–H groups in total. The number of rotatable bonds is 5. The highest BCUT2D eigenvalue weighted by atomic mass is 35.5. The van der Waals surface area contributed by atoms with E-state index >= 15 is 0 Å². The first-order valence-corrected chi connectivity index (χ1v) is 7.13. The molecule has 0 bridgehead atoms. The molecule has 2 unspecified atom stereocenters. The summed E-state index contributed by atoms with van der Waals surface area (Å²) in [5.41, 5.74) is 1.95. The van der Waals surface area contributed by atoms with Crippen LogP contribution in [0.2, 0.25) is 0 Å². The van der Waals surface area contributed by atoms with Crippen molar-refractivity contribution in [1.82, 2.24) is 0 Å². The van der Waals surface area contributed by atoms with Crippen LogP contribution < -0.4 is 4.74 Å². The van der Waals surface area contributed by atoms with Crippen LogP contribution in [0.15, 0.2) is 48.5 Å². The van der Waals surface area contributed by atoms with Crippen LogP contribution in [0.5, 0.6) is 5.75 Å². The molecule has 0 radical (unpaired) electrons. The van der Waals surface area contributed by atoms with E-state index in [-0.39, 0.29) is 22.9 Å². The van der Waals surface area contributed by atoms with Crippen molar-refractivity contribution >= 4 is 11.6 Å². The van der Waals surface area contributed by atoms with E-state index < -0.39 is 0 Å². The number of ether oxygens (including phenoxy) is 1. The molecule has 20 heavy (non-hydrogen) atoms. The third-order valence-corrected chi connectivity index (χ3v) is 4.07. The number of methoxy groups -OCH3 is 1. The third-order valence-electron chi connectivity index (χ3n) is 3.52. The van der Waals surface area contributed by atoms with Crippen LogP contribution in [-0.2, 0) is 0 Å². The van der Waals surface area contributed by atoms with E-state index in [2.05, 4.69) is 19.1 Å². The Hall–Kier alpha value is -1.54. The van der Waals surface area contributed by atoms with Gasteiger partial charge in [0.25, 0.3) is 0 Å². The number of benzene rings is 2. The fraction of sp³-hybridized carbons (Fsp3) is 0.294. The molecule has 0 aliphatic heterocycles. The van der Waals surface area contributed by atoms with Gasteiger partial charge in [0.15, 0.2) is 11.6 Å². The van der Waals surface area contributed by atoms with Crippen molar-refractivity contribution in [2.45, 2.75) is 24.6 Å². The summed E-state index contributed by atoms with van der Waals surface area (Å²) in [6.45, 7) is 2.09. The van der Waals surface area contributed by atoms with Gasteiger partial charge in [0.05, 0.1) is 12.5 Å². The summed E-state index contributed by atoms with van der Waals surface area (Å²) in [5, 5.41) is -0.261. The molecule has 0 saturated carbocycles. The molecule has 2 aromatic rings. The number of hydrogen-bond acceptors (Lipinski definition) is 1. The third kappa shape index (κ3) is 3.13. The average Bonchev–Trinajstić information content (AvgIpc) is 2.49. The Morgan fingerprint density at radius 1 is 1.10 bits per heavy atom. The summed E-state index contributed by atoms with van der Waals surface area (Å²) in [6, 6.07) is 15.0. The molecule has 0 fully saturated rings. The predicted octanol–water partition coefficient (Wildman–Crippen LogP) is 5.31. The normalized spacial score (nSPS) is 13.8. The lowest BCUT2D eigenvalue weighted by molar-refractivity contribution is 0.386. The van der Waals surface area contributed by atoms with Crippen LogP contribution in [0.3, 0.4) is 0 Å². The highest BCUT2D eigenvalue weighted by Crippen LogP contribution is 2.39. The van der Waals surface area contributed by atoms with Crippen LogP contribution in [0.25, 0.3) is 0 Å². The molecule has 2 rings (SSSR count). The maximum Gasteiger partial charge on any atom is 0.165 e. The van der Waals surface area contributed by atoms with Gasteiger partial charge in [0.1, 0.15) is 0 Å². The van der Waals surface area contributed by atoms with Gasteiger partial charge in [-0.25, -0.2) is 4.39 Å². The first kappa shape index (κ1) is 14.9. The van der Waals surface area contributed by atoms with Crippen LogP contribution in [0.4, 0.5) is 4.39 Å². The molecule has 1 nitrogen and oxygen atoms in total. The van der Waals surface area contributed by atoms with Gasteiger partial charge in [-0.2, -0.15) is 0 Å². The minimum atomic E-state index is -0.376. The van der Waals surface area contributed by atoms with Gasteiger partial charge in [-0.05, 0) is 29.7 Å². The van der Waals surface area contributed by atoms with Crippen molar-refractivity contribution in [3.63, 3.8) is 0 Å². The van der Waals surface area contributed by atoms with E-state index in [4.69, 9.17) is 16.3 Å². The molecule has 0 aliphatic rings. The van der Waals surface area contributed by atoms with Gasteiger partial charge in [0.2, 0.25) is 0 Å². The van der Waals surface area contributed by atoms with Crippen molar-refractivity contribution < 1.29 is 9.13 Å². The second-order valence-electron chi connectivity index (χ2n) is 4.72. The molecular formula is C17H18ClFO. The zero-order valence-corrected chi connectivity index (χ0v) is 12.4. The summed E-state index contributed by atoms with van der Waals surface area (Å²) in [5.74, 6) is 0.0228. The SMILES string of the molecule is CCC(c1ccccc1)C(Cl)c1ccc(OC)c(F)c1. The van der Waals surface area contributed by atoms with Crippen LogP contribution in [0.1, 0.15) is 35.8 Å². The van der Waals surface area contributed by atoms with E-state index in [0.717, 1.165) is 12.0 Å². The van der Waals surface area contributed by atoms with Gasteiger partial charge >= 0.3 is 0 Å². The summed E-state index contributed by atoms with van der Waals surface area (Å²) in [6.07, 6.45) is 0.895.